The Morgan fingerprint density at radius 2 is 1.00 bits per heavy atom. The first-order valence-corrected chi connectivity index (χ1v) is 14.0. The lowest BCUT2D eigenvalue weighted by Gasteiger charge is -2.35. The molecular formula is C14H16Cl2Si2. The van der Waals surface area contributed by atoms with Crippen molar-refractivity contribution < 1.29 is 0 Å². The predicted octanol–water partition coefficient (Wildman–Crippen LogP) is 3.51. The van der Waals surface area contributed by atoms with Crippen molar-refractivity contribution in [3.8, 4) is 0 Å². The molecule has 0 nitrogen and oxygen atoms in total. The minimum Gasteiger partial charge on any atom is -0.149 e. The molecule has 0 spiro atoms. The van der Waals surface area contributed by atoms with Crippen molar-refractivity contribution in [2.24, 2.45) is 0 Å². The molecule has 18 heavy (non-hydrogen) atoms. The normalized spacial score (nSPS) is 12.4. The molecule has 2 aromatic rings. The van der Waals surface area contributed by atoms with Crippen molar-refractivity contribution in [1.29, 1.82) is 0 Å². The van der Waals surface area contributed by atoms with Crippen molar-refractivity contribution in [1.82, 2.24) is 0 Å². The standard InChI is InChI=1S/C14H16Cl2Si2/c1-17(18(2,15)16,13-9-5-3-6-10-13)14-11-7-4-8-12-14/h3-12H,1-2H3. The van der Waals surface area contributed by atoms with E-state index in [2.05, 4.69) is 55.1 Å². The number of hydrogen-bond acceptors (Lipinski definition) is 0. The molecule has 0 saturated heterocycles. The maximum absolute atomic E-state index is 6.68. The first-order chi connectivity index (χ1) is 8.46. The fraction of sp³-hybridized carbons (Fsp3) is 0.143. The van der Waals surface area contributed by atoms with Gasteiger partial charge >= 0.3 is 0 Å². The lowest BCUT2D eigenvalue weighted by Crippen LogP contribution is -2.69. The maximum atomic E-state index is 6.68. The number of halogens is 2. The molecule has 0 amide bonds. The lowest BCUT2D eigenvalue weighted by molar-refractivity contribution is 1.71. The molecule has 0 aliphatic heterocycles. The van der Waals surface area contributed by atoms with Crippen LogP contribution in [0.3, 0.4) is 0 Å². The second kappa shape index (κ2) is 5.21. The topological polar surface area (TPSA) is 0 Å². The third-order valence-electron chi connectivity index (χ3n) is 3.58. The van der Waals surface area contributed by atoms with Crippen LogP contribution in [0.4, 0.5) is 0 Å². The quantitative estimate of drug-likeness (QED) is 0.601. The Hall–Kier alpha value is -0.546. The second-order valence-corrected chi connectivity index (χ2v) is 22.9. The molecule has 0 aromatic heterocycles. The molecule has 2 rings (SSSR count). The Labute approximate surface area is 120 Å². The van der Waals surface area contributed by atoms with E-state index in [1.165, 1.54) is 10.4 Å². The van der Waals surface area contributed by atoms with Crippen LogP contribution in [0.1, 0.15) is 0 Å². The van der Waals surface area contributed by atoms with E-state index in [9.17, 15) is 0 Å². The van der Waals surface area contributed by atoms with Crippen LogP contribution >= 0.6 is 22.2 Å². The molecule has 2 aromatic carbocycles. The third kappa shape index (κ3) is 2.43. The zero-order valence-electron chi connectivity index (χ0n) is 10.5. The maximum Gasteiger partial charge on any atom is 0.246 e. The van der Waals surface area contributed by atoms with E-state index >= 15 is 0 Å². The second-order valence-electron chi connectivity index (χ2n) is 4.75. The van der Waals surface area contributed by atoms with Gasteiger partial charge in [-0.3, -0.25) is 0 Å². The van der Waals surface area contributed by atoms with Gasteiger partial charge in [0.05, 0.1) is 0 Å². The molecule has 0 N–H and O–H groups in total. The predicted molar refractivity (Wildman–Crippen MR) is 87.1 cm³/mol. The van der Waals surface area contributed by atoms with Crippen molar-refractivity contribution in [2.45, 2.75) is 13.1 Å². The molecule has 0 unspecified atom stereocenters. The SMILES string of the molecule is C[Si](Cl)(Cl)[Si](C)(c1ccccc1)c1ccccc1. The van der Waals surface area contributed by atoms with Gasteiger partial charge in [0.25, 0.3) is 0 Å². The fourth-order valence-electron chi connectivity index (χ4n) is 2.22. The third-order valence-corrected chi connectivity index (χ3v) is 22.1. The van der Waals surface area contributed by atoms with Gasteiger partial charge in [0.1, 0.15) is 7.59 Å². The van der Waals surface area contributed by atoms with Gasteiger partial charge in [-0.25, -0.2) is 0 Å². The molecule has 4 heteroatoms. The minimum absolute atomic E-state index is 1.32. The lowest BCUT2D eigenvalue weighted by atomic mass is 10.4. The highest BCUT2D eigenvalue weighted by Crippen LogP contribution is 2.27. The molecule has 0 aliphatic carbocycles. The summed E-state index contributed by atoms with van der Waals surface area (Å²) in [4.78, 5) is 0. The van der Waals surface area contributed by atoms with E-state index in [1.54, 1.807) is 0 Å². The summed E-state index contributed by atoms with van der Waals surface area (Å²) in [5.41, 5.74) is 0. The minimum atomic E-state index is -2.31. The van der Waals surface area contributed by atoms with Crippen LogP contribution in [0.25, 0.3) is 0 Å². The molecule has 0 atom stereocenters. The van der Waals surface area contributed by atoms with Crippen LogP contribution in [-0.4, -0.2) is 13.8 Å². The van der Waals surface area contributed by atoms with E-state index in [1.807, 2.05) is 18.7 Å². The summed E-state index contributed by atoms with van der Waals surface area (Å²) in [5.74, 6) is 0. The van der Waals surface area contributed by atoms with Crippen molar-refractivity contribution in [3.63, 3.8) is 0 Å². The van der Waals surface area contributed by atoms with E-state index in [-0.39, 0.29) is 0 Å². The van der Waals surface area contributed by atoms with Crippen molar-refractivity contribution >= 4 is 46.3 Å². The number of rotatable bonds is 3. The van der Waals surface area contributed by atoms with Gasteiger partial charge in [-0.15, -0.1) is 22.2 Å². The summed E-state index contributed by atoms with van der Waals surface area (Å²) in [5, 5.41) is 2.63. The zero-order valence-corrected chi connectivity index (χ0v) is 14.0. The molecule has 94 valence electrons. The van der Waals surface area contributed by atoms with Gasteiger partial charge in [-0.1, -0.05) is 77.6 Å². The summed E-state index contributed by atoms with van der Waals surface area (Å²) in [7, 11) is -2.03. The molecular weight excluding hydrogens is 295 g/mol. The average molecular weight is 311 g/mol. The Bertz CT molecular complexity index is 467. The van der Waals surface area contributed by atoms with Gasteiger partial charge in [0.2, 0.25) is 6.21 Å². The van der Waals surface area contributed by atoms with Gasteiger partial charge in [-0.2, -0.15) is 0 Å². The first-order valence-electron chi connectivity index (χ1n) is 5.95. The van der Waals surface area contributed by atoms with Crippen LogP contribution in [0.15, 0.2) is 60.7 Å². The van der Waals surface area contributed by atoms with Crippen LogP contribution in [0.5, 0.6) is 0 Å². The monoisotopic (exact) mass is 310 g/mol. The van der Waals surface area contributed by atoms with Crippen LogP contribution in [0, 0.1) is 0 Å². The van der Waals surface area contributed by atoms with Crippen molar-refractivity contribution in [2.75, 3.05) is 0 Å². The molecule has 0 heterocycles. The fourth-order valence-corrected chi connectivity index (χ4v) is 13.3. The van der Waals surface area contributed by atoms with Gasteiger partial charge in [0, 0.05) is 0 Å². The Morgan fingerprint density at radius 3 is 1.28 bits per heavy atom. The molecule has 0 radical (unpaired) electrons. The highest BCUT2D eigenvalue weighted by Gasteiger charge is 2.49. The molecule has 0 aliphatic rings. The number of benzene rings is 2. The first kappa shape index (κ1) is 13.9. The molecule has 0 saturated carbocycles. The average Bonchev–Trinajstić information content (AvgIpc) is 2.38. The van der Waals surface area contributed by atoms with Gasteiger partial charge in [-0.05, 0) is 6.55 Å². The van der Waals surface area contributed by atoms with Crippen LogP contribution < -0.4 is 10.4 Å². The smallest absolute Gasteiger partial charge is 0.149 e. The Morgan fingerprint density at radius 1 is 0.667 bits per heavy atom. The van der Waals surface area contributed by atoms with E-state index < -0.39 is 13.8 Å². The van der Waals surface area contributed by atoms with Crippen LogP contribution in [0.2, 0.25) is 13.1 Å². The van der Waals surface area contributed by atoms with Crippen molar-refractivity contribution in [3.05, 3.63) is 60.7 Å². The highest BCUT2D eigenvalue weighted by molar-refractivity contribution is 7.79. The van der Waals surface area contributed by atoms with E-state index in [0.29, 0.717) is 0 Å². The summed E-state index contributed by atoms with van der Waals surface area (Å²) in [6, 6.07) is 21.0. The number of hydrogen-bond donors (Lipinski definition) is 0. The molecule has 0 bridgehead atoms. The molecule has 0 fully saturated rings. The van der Waals surface area contributed by atoms with E-state index in [4.69, 9.17) is 22.2 Å². The van der Waals surface area contributed by atoms with E-state index in [0.717, 1.165) is 0 Å². The largest absolute Gasteiger partial charge is 0.246 e. The summed E-state index contributed by atoms with van der Waals surface area (Å²) < 4.78 is 0. The Balaban J connectivity index is 2.63. The summed E-state index contributed by atoms with van der Waals surface area (Å²) >= 11 is 13.4. The highest BCUT2D eigenvalue weighted by atomic mass is 35.7. The Kier molecular flexibility index (Phi) is 4.02. The summed E-state index contributed by atoms with van der Waals surface area (Å²) in [6.07, 6.45) is -2.31. The van der Waals surface area contributed by atoms with Gasteiger partial charge in [0.15, 0.2) is 0 Å². The van der Waals surface area contributed by atoms with Crippen LogP contribution in [-0.2, 0) is 0 Å². The van der Waals surface area contributed by atoms with Gasteiger partial charge < -0.3 is 0 Å². The summed E-state index contributed by atoms with van der Waals surface area (Å²) in [6.45, 7) is 4.33. The zero-order chi connectivity index (χ0) is 13.2.